The topological polar surface area (TPSA) is 55.8 Å². The summed E-state index contributed by atoms with van der Waals surface area (Å²) >= 11 is 0. The second-order valence-corrected chi connectivity index (χ2v) is 4.59. The number of carbonyl (C=O) groups is 1. The Kier molecular flexibility index (Phi) is 3.99. The number of aliphatic carboxylic acids is 1. The monoisotopic (exact) mass is 238 g/mol. The zero-order chi connectivity index (χ0) is 13.1. The second kappa shape index (κ2) is 5.08. The zero-order valence-corrected chi connectivity index (χ0v) is 10.6. The number of hydrogen-bond acceptors (Lipinski definition) is 3. The predicted molar refractivity (Wildman–Crippen MR) is 64.7 cm³/mol. The molecule has 17 heavy (non-hydrogen) atoms. The summed E-state index contributed by atoms with van der Waals surface area (Å²) < 4.78 is 10.3. The molecule has 0 spiro atoms. The smallest absolute Gasteiger partial charge is 0.309 e. The maximum Gasteiger partial charge on any atom is 0.309 e. The molecule has 0 atom stereocenters. The van der Waals surface area contributed by atoms with Gasteiger partial charge in [0, 0.05) is 6.07 Å². The first kappa shape index (κ1) is 13.4. The summed E-state index contributed by atoms with van der Waals surface area (Å²) in [6, 6.07) is 5.41. The Morgan fingerprint density at radius 1 is 1.18 bits per heavy atom. The molecule has 0 radical (unpaired) electrons. The lowest BCUT2D eigenvalue weighted by Gasteiger charge is -2.19. The molecule has 0 heterocycles. The van der Waals surface area contributed by atoms with Gasteiger partial charge in [-0.3, -0.25) is 4.79 Å². The van der Waals surface area contributed by atoms with E-state index < -0.39 is 11.4 Å². The highest BCUT2D eigenvalue weighted by molar-refractivity contribution is 5.74. The molecule has 0 aliphatic heterocycles. The van der Waals surface area contributed by atoms with Gasteiger partial charge in [-0.25, -0.2) is 0 Å². The van der Waals surface area contributed by atoms with Crippen LogP contribution in [0.5, 0.6) is 11.5 Å². The predicted octanol–water partition coefficient (Wildman–Crippen LogP) is 2.36. The number of hydrogen-bond donors (Lipinski definition) is 1. The Morgan fingerprint density at radius 3 is 2.00 bits per heavy atom. The molecule has 4 nitrogen and oxygen atoms in total. The van der Waals surface area contributed by atoms with Gasteiger partial charge >= 0.3 is 5.97 Å². The first-order valence-corrected chi connectivity index (χ1v) is 5.34. The molecule has 0 aromatic heterocycles. The van der Waals surface area contributed by atoms with Crippen LogP contribution in [-0.2, 0) is 11.2 Å². The zero-order valence-electron chi connectivity index (χ0n) is 10.6. The second-order valence-electron chi connectivity index (χ2n) is 4.59. The lowest BCUT2D eigenvalue weighted by molar-refractivity contribution is -0.146. The molecule has 94 valence electrons. The lowest BCUT2D eigenvalue weighted by Crippen LogP contribution is -2.26. The fraction of sp³-hybridized carbons (Fsp3) is 0.462. The van der Waals surface area contributed by atoms with Crippen LogP contribution in [0.15, 0.2) is 18.2 Å². The van der Waals surface area contributed by atoms with Crippen LogP contribution in [0.3, 0.4) is 0 Å². The maximum absolute atomic E-state index is 11.1. The number of benzene rings is 1. The van der Waals surface area contributed by atoms with Crippen molar-refractivity contribution in [3.05, 3.63) is 23.8 Å². The van der Waals surface area contributed by atoms with Crippen LogP contribution in [0.25, 0.3) is 0 Å². The fourth-order valence-electron chi connectivity index (χ4n) is 1.55. The Bertz CT molecular complexity index is 388. The average molecular weight is 238 g/mol. The van der Waals surface area contributed by atoms with Crippen LogP contribution in [-0.4, -0.2) is 25.3 Å². The highest BCUT2D eigenvalue weighted by Gasteiger charge is 2.27. The van der Waals surface area contributed by atoms with E-state index in [9.17, 15) is 4.79 Å². The molecular weight excluding hydrogens is 220 g/mol. The minimum absolute atomic E-state index is 0.426. The molecule has 0 saturated carbocycles. The first-order valence-electron chi connectivity index (χ1n) is 5.34. The normalized spacial score (nSPS) is 11.1. The molecule has 0 aliphatic carbocycles. The van der Waals surface area contributed by atoms with Crippen molar-refractivity contribution in [2.24, 2.45) is 5.41 Å². The molecule has 1 rings (SSSR count). The van der Waals surface area contributed by atoms with Gasteiger partial charge in [-0.15, -0.1) is 0 Å². The maximum atomic E-state index is 11.1. The molecule has 0 fully saturated rings. The summed E-state index contributed by atoms with van der Waals surface area (Å²) in [5.74, 6) is 0.514. The quantitative estimate of drug-likeness (QED) is 0.855. The molecule has 0 saturated heterocycles. The molecule has 1 N–H and O–H groups in total. The van der Waals surface area contributed by atoms with Crippen molar-refractivity contribution < 1.29 is 19.4 Å². The van der Waals surface area contributed by atoms with E-state index in [0.717, 1.165) is 5.56 Å². The number of rotatable bonds is 5. The van der Waals surface area contributed by atoms with Gasteiger partial charge in [0.05, 0.1) is 19.6 Å². The van der Waals surface area contributed by atoms with Crippen molar-refractivity contribution in [3.63, 3.8) is 0 Å². The van der Waals surface area contributed by atoms with Gasteiger partial charge in [-0.2, -0.15) is 0 Å². The number of ether oxygens (including phenoxy) is 2. The largest absolute Gasteiger partial charge is 0.497 e. The molecule has 4 heteroatoms. The average Bonchev–Trinajstić information content (AvgIpc) is 2.27. The van der Waals surface area contributed by atoms with Gasteiger partial charge < -0.3 is 14.6 Å². The highest BCUT2D eigenvalue weighted by atomic mass is 16.5. The van der Waals surface area contributed by atoms with Crippen LogP contribution in [0, 0.1) is 5.41 Å². The van der Waals surface area contributed by atoms with E-state index in [1.165, 1.54) is 0 Å². The van der Waals surface area contributed by atoms with Crippen molar-refractivity contribution >= 4 is 5.97 Å². The molecule has 0 unspecified atom stereocenters. The van der Waals surface area contributed by atoms with Crippen LogP contribution in [0.4, 0.5) is 0 Å². The van der Waals surface area contributed by atoms with Crippen molar-refractivity contribution in [1.82, 2.24) is 0 Å². The van der Waals surface area contributed by atoms with Gasteiger partial charge in [-0.1, -0.05) is 0 Å². The van der Waals surface area contributed by atoms with Gasteiger partial charge in [-0.05, 0) is 38.0 Å². The SMILES string of the molecule is COc1cc(CC(C)(C)C(=O)O)cc(OC)c1. The summed E-state index contributed by atoms with van der Waals surface area (Å²) in [4.78, 5) is 11.1. The van der Waals surface area contributed by atoms with E-state index in [-0.39, 0.29) is 0 Å². The van der Waals surface area contributed by atoms with Crippen LogP contribution < -0.4 is 9.47 Å². The van der Waals surface area contributed by atoms with Gasteiger partial charge in [0.25, 0.3) is 0 Å². The van der Waals surface area contributed by atoms with Crippen molar-refractivity contribution in [2.45, 2.75) is 20.3 Å². The molecule has 1 aromatic rings. The third-order valence-corrected chi connectivity index (χ3v) is 2.64. The highest BCUT2D eigenvalue weighted by Crippen LogP contribution is 2.28. The van der Waals surface area contributed by atoms with E-state index in [1.54, 1.807) is 34.1 Å². The molecule has 0 amide bonds. The van der Waals surface area contributed by atoms with Crippen LogP contribution in [0.1, 0.15) is 19.4 Å². The van der Waals surface area contributed by atoms with E-state index >= 15 is 0 Å². The lowest BCUT2D eigenvalue weighted by atomic mass is 9.86. The van der Waals surface area contributed by atoms with E-state index in [2.05, 4.69) is 0 Å². The van der Waals surface area contributed by atoms with E-state index in [4.69, 9.17) is 14.6 Å². The first-order chi connectivity index (χ1) is 7.89. The number of methoxy groups -OCH3 is 2. The molecule has 0 aliphatic rings. The van der Waals surface area contributed by atoms with Crippen LogP contribution in [0.2, 0.25) is 0 Å². The third kappa shape index (κ3) is 3.37. The third-order valence-electron chi connectivity index (χ3n) is 2.64. The minimum atomic E-state index is -0.820. The Balaban J connectivity index is 3.02. The van der Waals surface area contributed by atoms with Gasteiger partial charge in [0.1, 0.15) is 11.5 Å². The van der Waals surface area contributed by atoms with Crippen molar-refractivity contribution in [1.29, 1.82) is 0 Å². The van der Waals surface area contributed by atoms with Crippen molar-refractivity contribution in [3.8, 4) is 11.5 Å². The van der Waals surface area contributed by atoms with Crippen molar-refractivity contribution in [2.75, 3.05) is 14.2 Å². The summed E-state index contributed by atoms with van der Waals surface area (Å²) in [6.07, 6.45) is 0.426. The fourth-order valence-corrected chi connectivity index (χ4v) is 1.55. The van der Waals surface area contributed by atoms with Gasteiger partial charge in [0.15, 0.2) is 0 Å². The summed E-state index contributed by atoms with van der Waals surface area (Å²) in [5.41, 5.74) is 0.0748. The van der Waals surface area contributed by atoms with E-state index in [1.807, 2.05) is 12.1 Å². The molecule has 1 aromatic carbocycles. The standard InChI is InChI=1S/C13H18O4/c1-13(2,12(14)15)8-9-5-10(16-3)7-11(6-9)17-4/h5-7H,8H2,1-4H3,(H,14,15). The van der Waals surface area contributed by atoms with Crippen LogP contribution >= 0.6 is 0 Å². The summed E-state index contributed by atoms with van der Waals surface area (Å²) in [7, 11) is 3.14. The van der Waals surface area contributed by atoms with E-state index in [0.29, 0.717) is 17.9 Å². The summed E-state index contributed by atoms with van der Waals surface area (Å²) in [6.45, 7) is 3.39. The minimum Gasteiger partial charge on any atom is -0.497 e. The summed E-state index contributed by atoms with van der Waals surface area (Å²) in [5, 5.41) is 9.09. The molecular formula is C13H18O4. The number of carboxylic acids is 1. The molecule has 0 bridgehead atoms. The van der Waals surface area contributed by atoms with Gasteiger partial charge in [0.2, 0.25) is 0 Å². The number of carboxylic acid groups (broad SMARTS) is 1. The Morgan fingerprint density at radius 2 is 1.65 bits per heavy atom. The Labute approximate surface area is 101 Å². The Hall–Kier alpha value is -1.71.